The molecule has 0 bridgehead atoms. The van der Waals surface area contributed by atoms with Crippen molar-refractivity contribution in [1.29, 1.82) is 0 Å². The fraction of sp³-hybridized carbons (Fsp3) is 0.333. The topological polar surface area (TPSA) is 35.0 Å². The number of aromatic nitrogens is 2. The lowest BCUT2D eigenvalue weighted by molar-refractivity contribution is 0.395. The molecule has 0 fully saturated rings. The first-order valence-corrected chi connectivity index (χ1v) is 7.26. The maximum Gasteiger partial charge on any atom is 0.216 e. The van der Waals surface area contributed by atoms with Gasteiger partial charge in [0.25, 0.3) is 0 Å². The summed E-state index contributed by atoms with van der Waals surface area (Å²) in [6, 6.07) is 10.5. The second kappa shape index (κ2) is 5.29. The van der Waals surface area contributed by atoms with Crippen molar-refractivity contribution >= 4 is 15.9 Å². The molecular formula is C15H15BrN2O. The third-order valence-corrected chi connectivity index (χ3v) is 4.60. The third kappa shape index (κ3) is 2.50. The molecule has 1 aliphatic carbocycles. The number of hydrogen-bond donors (Lipinski definition) is 0. The fourth-order valence-electron chi connectivity index (χ4n) is 2.56. The van der Waals surface area contributed by atoms with Crippen molar-refractivity contribution in [2.75, 3.05) is 7.11 Å². The summed E-state index contributed by atoms with van der Waals surface area (Å²) in [6.45, 7) is 0. The lowest BCUT2D eigenvalue weighted by Gasteiger charge is -2.33. The van der Waals surface area contributed by atoms with Crippen LogP contribution in [0.2, 0.25) is 0 Å². The molecule has 4 heteroatoms. The van der Waals surface area contributed by atoms with Gasteiger partial charge in [-0.3, -0.25) is 0 Å². The van der Waals surface area contributed by atoms with Gasteiger partial charge in [0.1, 0.15) is 6.33 Å². The first-order valence-electron chi connectivity index (χ1n) is 6.34. The Labute approximate surface area is 121 Å². The fourth-order valence-corrected chi connectivity index (χ4v) is 3.37. The molecule has 0 spiro atoms. The molecule has 2 unspecified atom stereocenters. The van der Waals surface area contributed by atoms with E-state index in [-0.39, 0.29) is 0 Å². The smallest absolute Gasteiger partial charge is 0.216 e. The number of alkyl halides is 1. The number of hydrogen-bond acceptors (Lipinski definition) is 3. The van der Waals surface area contributed by atoms with Gasteiger partial charge in [0.15, 0.2) is 0 Å². The van der Waals surface area contributed by atoms with E-state index in [4.69, 9.17) is 4.74 Å². The van der Waals surface area contributed by atoms with E-state index in [1.807, 2.05) is 6.07 Å². The first kappa shape index (κ1) is 12.6. The maximum absolute atomic E-state index is 5.13. The summed E-state index contributed by atoms with van der Waals surface area (Å²) in [5, 5.41) is 0. The highest BCUT2D eigenvalue weighted by atomic mass is 79.9. The summed E-state index contributed by atoms with van der Waals surface area (Å²) in [5.41, 5.74) is 3.95. The quantitative estimate of drug-likeness (QED) is 0.812. The van der Waals surface area contributed by atoms with Crippen LogP contribution in [0.3, 0.4) is 0 Å². The monoisotopic (exact) mass is 318 g/mol. The molecule has 0 amide bonds. The van der Waals surface area contributed by atoms with Crippen LogP contribution in [0.15, 0.2) is 36.7 Å². The van der Waals surface area contributed by atoms with Gasteiger partial charge < -0.3 is 4.74 Å². The molecule has 0 N–H and O–H groups in total. The molecule has 2 atom stereocenters. The normalized spacial score (nSPS) is 18.3. The van der Waals surface area contributed by atoms with E-state index >= 15 is 0 Å². The van der Waals surface area contributed by atoms with Gasteiger partial charge in [-0.25, -0.2) is 9.97 Å². The third-order valence-electron chi connectivity index (χ3n) is 3.64. The summed E-state index contributed by atoms with van der Waals surface area (Å²) >= 11 is 3.81. The van der Waals surface area contributed by atoms with Crippen LogP contribution in [0.1, 0.15) is 22.7 Å². The van der Waals surface area contributed by atoms with Gasteiger partial charge in [0.05, 0.1) is 7.11 Å². The van der Waals surface area contributed by atoms with Gasteiger partial charge in [-0.1, -0.05) is 40.2 Å². The zero-order valence-corrected chi connectivity index (χ0v) is 12.3. The van der Waals surface area contributed by atoms with Gasteiger partial charge in [-0.15, -0.1) is 0 Å². The van der Waals surface area contributed by atoms with Gasteiger partial charge in [0, 0.05) is 28.9 Å². The Morgan fingerprint density at radius 2 is 2.21 bits per heavy atom. The van der Waals surface area contributed by atoms with Crippen LogP contribution < -0.4 is 4.74 Å². The molecule has 3 rings (SSSR count). The summed E-state index contributed by atoms with van der Waals surface area (Å²) in [5.74, 6) is 1.20. The van der Waals surface area contributed by atoms with Crippen molar-refractivity contribution in [3.63, 3.8) is 0 Å². The highest BCUT2D eigenvalue weighted by Crippen LogP contribution is 2.41. The van der Waals surface area contributed by atoms with Gasteiger partial charge >= 0.3 is 0 Å². The summed E-state index contributed by atoms with van der Waals surface area (Å²) in [4.78, 5) is 8.74. The average Bonchev–Trinajstić information content (AvgIpc) is 2.40. The van der Waals surface area contributed by atoms with Crippen molar-refractivity contribution in [2.24, 2.45) is 0 Å². The van der Waals surface area contributed by atoms with Crippen LogP contribution in [0.5, 0.6) is 5.88 Å². The molecule has 0 aliphatic heterocycles. The number of nitrogens with zero attached hydrogens (tertiary/aromatic N) is 2. The molecule has 1 aromatic heterocycles. The summed E-state index contributed by atoms with van der Waals surface area (Å²) < 4.78 is 5.13. The molecule has 1 heterocycles. The highest BCUT2D eigenvalue weighted by Gasteiger charge is 2.31. The Hall–Kier alpha value is -1.42. The van der Waals surface area contributed by atoms with Crippen LogP contribution in [-0.4, -0.2) is 21.9 Å². The van der Waals surface area contributed by atoms with Crippen LogP contribution in [0, 0.1) is 0 Å². The lowest BCUT2D eigenvalue weighted by atomic mass is 9.75. The minimum Gasteiger partial charge on any atom is -0.481 e. The number of rotatable bonds is 4. The van der Waals surface area contributed by atoms with Gasteiger partial charge in [-0.05, 0) is 17.5 Å². The minimum atomic E-state index is 0.405. The first-order chi connectivity index (χ1) is 9.28. The number of halogens is 1. The van der Waals surface area contributed by atoms with Crippen molar-refractivity contribution in [2.45, 2.75) is 23.6 Å². The van der Waals surface area contributed by atoms with Crippen molar-refractivity contribution in [3.05, 3.63) is 53.5 Å². The van der Waals surface area contributed by atoms with Crippen LogP contribution >= 0.6 is 15.9 Å². The summed E-state index contributed by atoms with van der Waals surface area (Å²) in [7, 11) is 1.62. The molecule has 0 saturated heterocycles. The standard InChI is InChI=1S/C15H15BrN2O/c1-19-15-8-11(17-9-18-15)7-14(16)13-6-10-4-2-3-5-12(10)13/h2-5,8-9,13-14H,6-7H2,1H3. The van der Waals surface area contributed by atoms with E-state index in [2.05, 4.69) is 50.2 Å². The Morgan fingerprint density at radius 3 is 3.00 bits per heavy atom. The zero-order valence-electron chi connectivity index (χ0n) is 10.7. The number of methoxy groups -OCH3 is 1. The predicted octanol–water partition coefficient (Wildman–Crippen LogP) is 3.13. The molecule has 19 heavy (non-hydrogen) atoms. The zero-order chi connectivity index (χ0) is 13.2. The van der Waals surface area contributed by atoms with Crippen LogP contribution in [-0.2, 0) is 12.8 Å². The molecule has 1 aromatic carbocycles. The molecule has 3 nitrogen and oxygen atoms in total. The maximum atomic E-state index is 5.13. The van der Waals surface area contributed by atoms with E-state index in [1.54, 1.807) is 13.4 Å². The molecule has 2 aromatic rings. The molecule has 1 aliphatic rings. The Morgan fingerprint density at radius 1 is 1.37 bits per heavy atom. The van der Waals surface area contributed by atoms with Crippen molar-refractivity contribution in [3.8, 4) is 5.88 Å². The number of ether oxygens (including phenoxy) is 1. The minimum absolute atomic E-state index is 0.405. The van der Waals surface area contributed by atoms with Crippen LogP contribution in [0.25, 0.3) is 0 Å². The van der Waals surface area contributed by atoms with Crippen molar-refractivity contribution in [1.82, 2.24) is 9.97 Å². The molecule has 0 saturated carbocycles. The second-order valence-electron chi connectivity index (χ2n) is 4.78. The Balaban J connectivity index is 1.71. The van der Waals surface area contributed by atoms with Crippen LogP contribution in [0.4, 0.5) is 0 Å². The number of benzene rings is 1. The molecular weight excluding hydrogens is 304 g/mol. The number of fused-ring (bicyclic) bond motifs is 1. The second-order valence-corrected chi connectivity index (χ2v) is 5.96. The van der Waals surface area contributed by atoms with Gasteiger partial charge in [-0.2, -0.15) is 0 Å². The molecule has 98 valence electrons. The lowest BCUT2D eigenvalue weighted by Crippen LogP contribution is -2.26. The average molecular weight is 319 g/mol. The van der Waals surface area contributed by atoms with E-state index in [0.717, 1.165) is 18.5 Å². The predicted molar refractivity (Wildman–Crippen MR) is 77.9 cm³/mol. The largest absolute Gasteiger partial charge is 0.481 e. The highest BCUT2D eigenvalue weighted by molar-refractivity contribution is 9.09. The van der Waals surface area contributed by atoms with E-state index in [9.17, 15) is 0 Å². The van der Waals surface area contributed by atoms with Gasteiger partial charge in [0.2, 0.25) is 5.88 Å². The summed E-state index contributed by atoms with van der Waals surface area (Å²) in [6.07, 6.45) is 3.59. The Kier molecular flexibility index (Phi) is 3.51. The van der Waals surface area contributed by atoms with Crippen molar-refractivity contribution < 1.29 is 4.74 Å². The molecule has 0 radical (unpaired) electrons. The SMILES string of the molecule is COc1cc(CC(Br)C2Cc3ccccc32)ncn1. The van der Waals surface area contributed by atoms with E-state index < -0.39 is 0 Å². The van der Waals surface area contributed by atoms with E-state index in [1.165, 1.54) is 11.1 Å². The van der Waals surface area contributed by atoms with E-state index in [0.29, 0.717) is 16.6 Å². The Bertz CT molecular complexity index is 588.